The van der Waals surface area contributed by atoms with E-state index >= 15 is 0 Å². The van der Waals surface area contributed by atoms with Crippen molar-refractivity contribution in [1.82, 2.24) is 0 Å². The van der Waals surface area contributed by atoms with Gasteiger partial charge in [-0.1, -0.05) is 26.2 Å². The zero-order valence-corrected chi connectivity index (χ0v) is 11.0. The Morgan fingerprint density at radius 3 is 2.59 bits per heavy atom. The quantitative estimate of drug-likeness (QED) is 0.748. The van der Waals surface area contributed by atoms with E-state index in [0.717, 1.165) is 32.1 Å². The minimum atomic E-state index is -0.878. The van der Waals surface area contributed by atoms with Crippen LogP contribution >= 0.6 is 0 Å². The van der Waals surface area contributed by atoms with Crippen molar-refractivity contribution in [1.29, 1.82) is 5.26 Å². The van der Waals surface area contributed by atoms with E-state index in [2.05, 4.69) is 13.0 Å². The molecule has 98 valence electrons. The van der Waals surface area contributed by atoms with Crippen LogP contribution in [-0.4, -0.2) is 31.7 Å². The van der Waals surface area contributed by atoms with Crippen molar-refractivity contribution in [2.24, 2.45) is 11.3 Å². The summed E-state index contributed by atoms with van der Waals surface area (Å²) in [5.41, 5.74) is -0.713. The Balaban J connectivity index is 2.83. The lowest BCUT2D eigenvalue weighted by atomic mass is 9.66. The summed E-state index contributed by atoms with van der Waals surface area (Å²) in [7, 11) is 2.98. The number of nitriles is 1. The third-order valence-electron chi connectivity index (χ3n) is 3.98. The van der Waals surface area contributed by atoms with Crippen molar-refractivity contribution < 1.29 is 14.6 Å². The number of hydrogen-bond donors (Lipinski definition) is 1. The van der Waals surface area contributed by atoms with Gasteiger partial charge >= 0.3 is 0 Å². The second kappa shape index (κ2) is 6.34. The highest BCUT2D eigenvalue weighted by Crippen LogP contribution is 2.44. The number of methoxy groups -OCH3 is 2. The molecule has 4 nitrogen and oxygen atoms in total. The third kappa shape index (κ3) is 2.98. The molecule has 1 aliphatic rings. The van der Waals surface area contributed by atoms with Gasteiger partial charge in [0, 0.05) is 14.2 Å². The van der Waals surface area contributed by atoms with Gasteiger partial charge in [-0.05, 0) is 18.8 Å². The van der Waals surface area contributed by atoms with Crippen LogP contribution in [0.25, 0.3) is 0 Å². The van der Waals surface area contributed by atoms with E-state index in [9.17, 15) is 10.4 Å². The van der Waals surface area contributed by atoms with Crippen molar-refractivity contribution in [3.8, 4) is 6.07 Å². The van der Waals surface area contributed by atoms with Gasteiger partial charge in [0.05, 0.1) is 11.5 Å². The molecule has 0 saturated heterocycles. The average molecular weight is 241 g/mol. The second-order valence-corrected chi connectivity index (χ2v) is 4.92. The van der Waals surface area contributed by atoms with E-state index < -0.39 is 17.8 Å². The maximum absolute atomic E-state index is 10.3. The molecular formula is C13H23NO3. The summed E-state index contributed by atoms with van der Waals surface area (Å²) in [5, 5.41) is 19.8. The SMILES string of the molecule is CCC1CCCC(C#N)(C(O)C(OC)OC)C1. The predicted octanol–water partition coefficient (Wildman–Crippen LogP) is 2.08. The average Bonchev–Trinajstić information content (AvgIpc) is 2.39. The topological polar surface area (TPSA) is 62.5 Å². The number of aliphatic hydroxyl groups excluding tert-OH is 1. The molecule has 4 heteroatoms. The van der Waals surface area contributed by atoms with Crippen LogP contribution in [0.1, 0.15) is 39.0 Å². The number of nitrogens with zero attached hydrogens (tertiary/aromatic N) is 1. The lowest BCUT2D eigenvalue weighted by Crippen LogP contribution is -2.46. The minimum Gasteiger partial charge on any atom is -0.386 e. The van der Waals surface area contributed by atoms with E-state index in [1.54, 1.807) is 0 Å². The maximum atomic E-state index is 10.3. The fourth-order valence-corrected chi connectivity index (χ4v) is 2.82. The van der Waals surface area contributed by atoms with Gasteiger partial charge in [-0.3, -0.25) is 0 Å². The molecule has 0 aliphatic heterocycles. The van der Waals surface area contributed by atoms with E-state index in [1.807, 2.05) is 0 Å². The van der Waals surface area contributed by atoms with Crippen LogP contribution in [0.15, 0.2) is 0 Å². The summed E-state index contributed by atoms with van der Waals surface area (Å²) in [6.07, 6.45) is 3.07. The van der Waals surface area contributed by atoms with Crippen LogP contribution in [0.4, 0.5) is 0 Å². The lowest BCUT2D eigenvalue weighted by molar-refractivity contribution is -0.195. The molecule has 0 bridgehead atoms. The molecule has 17 heavy (non-hydrogen) atoms. The highest BCUT2D eigenvalue weighted by atomic mass is 16.7. The largest absolute Gasteiger partial charge is 0.386 e. The standard InChI is InChI=1S/C13H23NO3/c1-4-10-6-5-7-13(8-10,9-14)11(15)12(16-2)17-3/h10-12,15H,4-8H2,1-3H3. The van der Waals surface area contributed by atoms with Crippen LogP contribution in [0.5, 0.6) is 0 Å². The van der Waals surface area contributed by atoms with Gasteiger partial charge in [0.25, 0.3) is 0 Å². The Hall–Kier alpha value is -0.630. The van der Waals surface area contributed by atoms with Crippen molar-refractivity contribution in [2.45, 2.75) is 51.4 Å². The molecule has 0 aromatic rings. The van der Waals surface area contributed by atoms with Crippen molar-refractivity contribution in [3.05, 3.63) is 0 Å². The van der Waals surface area contributed by atoms with Gasteiger partial charge in [-0.15, -0.1) is 0 Å². The Morgan fingerprint density at radius 1 is 1.47 bits per heavy atom. The molecule has 1 saturated carbocycles. The van der Waals surface area contributed by atoms with Crippen LogP contribution in [-0.2, 0) is 9.47 Å². The fraction of sp³-hybridized carbons (Fsp3) is 0.923. The molecule has 0 amide bonds. The number of aliphatic hydroxyl groups is 1. The van der Waals surface area contributed by atoms with Crippen molar-refractivity contribution >= 4 is 0 Å². The molecule has 3 unspecified atom stereocenters. The summed E-state index contributed by atoms with van der Waals surface area (Å²) in [6, 6.07) is 2.32. The lowest BCUT2D eigenvalue weighted by Gasteiger charge is -2.40. The normalized spacial score (nSPS) is 31.2. The Kier molecular flexibility index (Phi) is 5.38. The molecule has 0 heterocycles. The molecule has 1 rings (SSSR count). The first-order valence-corrected chi connectivity index (χ1v) is 6.28. The summed E-state index contributed by atoms with van der Waals surface area (Å²) in [5.74, 6) is 0.521. The summed E-state index contributed by atoms with van der Waals surface area (Å²) >= 11 is 0. The van der Waals surface area contributed by atoms with Crippen LogP contribution in [0.2, 0.25) is 0 Å². The molecule has 0 radical (unpaired) electrons. The van der Waals surface area contributed by atoms with Gasteiger partial charge in [0.2, 0.25) is 0 Å². The Labute approximate surface area is 104 Å². The molecule has 1 fully saturated rings. The molecule has 3 atom stereocenters. The Bertz CT molecular complexity index is 272. The molecule has 0 spiro atoms. The van der Waals surface area contributed by atoms with E-state index in [0.29, 0.717) is 5.92 Å². The summed E-state index contributed by atoms with van der Waals surface area (Å²) in [6.45, 7) is 2.13. The van der Waals surface area contributed by atoms with Gasteiger partial charge < -0.3 is 14.6 Å². The van der Waals surface area contributed by atoms with Crippen LogP contribution < -0.4 is 0 Å². The summed E-state index contributed by atoms with van der Waals surface area (Å²) < 4.78 is 10.2. The highest BCUT2D eigenvalue weighted by Gasteiger charge is 2.46. The smallest absolute Gasteiger partial charge is 0.184 e. The molecule has 0 aromatic carbocycles. The van der Waals surface area contributed by atoms with E-state index in [4.69, 9.17) is 9.47 Å². The van der Waals surface area contributed by atoms with E-state index in [1.165, 1.54) is 14.2 Å². The third-order valence-corrected chi connectivity index (χ3v) is 3.98. The Morgan fingerprint density at radius 2 is 2.12 bits per heavy atom. The van der Waals surface area contributed by atoms with Gasteiger partial charge in [0.1, 0.15) is 6.10 Å². The molecule has 1 aliphatic carbocycles. The first-order valence-electron chi connectivity index (χ1n) is 6.28. The number of hydrogen-bond acceptors (Lipinski definition) is 4. The van der Waals surface area contributed by atoms with Crippen molar-refractivity contribution in [3.63, 3.8) is 0 Å². The first-order chi connectivity index (χ1) is 8.13. The predicted molar refractivity (Wildman–Crippen MR) is 64.1 cm³/mol. The zero-order chi connectivity index (χ0) is 12.9. The molecule has 0 aromatic heterocycles. The maximum Gasteiger partial charge on any atom is 0.184 e. The number of rotatable bonds is 5. The van der Waals surface area contributed by atoms with Crippen LogP contribution in [0, 0.1) is 22.7 Å². The van der Waals surface area contributed by atoms with Gasteiger partial charge in [-0.2, -0.15) is 5.26 Å². The van der Waals surface area contributed by atoms with E-state index in [-0.39, 0.29) is 0 Å². The number of ether oxygens (including phenoxy) is 2. The first kappa shape index (κ1) is 14.4. The summed E-state index contributed by atoms with van der Waals surface area (Å²) in [4.78, 5) is 0. The fourth-order valence-electron chi connectivity index (χ4n) is 2.82. The van der Waals surface area contributed by atoms with Crippen molar-refractivity contribution in [2.75, 3.05) is 14.2 Å². The monoisotopic (exact) mass is 241 g/mol. The van der Waals surface area contributed by atoms with Gasteiger partial charge in [-0.25, -0.2) is 0 Å². The highest BCUT2D eigenvalue weighted by molar-refractivity contribution is 5.07. The molecule has 1 N–H and O–H groups in total. The second-order valence-electron chi connectivity index (χ2n) is 4.92. The van der Waals surface area contributed by atoms with Gasteiger partial charge in [0.15, 0.2) is 6.29 Å². The minimum absolute atomic E-state index is 0.521. The zero-order valence-electron chi connectivity index (χ0n) is 11.0. The van der Waals surface area contributed by atoms with Crippen LogP contribution in [0.3, 0.4) is 0 Å². The molecular weight excluding hydrogens is 218 g/mol.